The van der Waals surface area contributed by atoms with Gasteiger partial charge in [-0.25, -0.2) is 9.37 Å². The molecule has 1 heterocycles. The Morgan fingerprint density at radius 1 is 1.53 bits per heavy atom. The first-order valence-corrected chi connectivity index (χ1v) is 5.24. The van der Waals surface area contributed by atoms with Crippen LogP contribution in [0, 0.1) is 5.82 Å². The average Bonchev–Trinajstić information content (AvgIpc) is 2.80. The van der Waals surface area contributed by atoms with Crippen LogP contribution >= 0.6 is 0 Å². The highest BCUT2D eigenvalue weighted by Gasteiger charge is 2.15. The van der Waals surface area contributed by atoms with Crippen molar-refractivity contribution in [3.05, 3.63) is 47.8 Å². The molecule has 0 bridgehead atoms. The zero-order valence-corrected chi connectivity index (χ0v) is 9.35. The first-order valence-electron chi connectivity index (χ1n) is 5.24. The van der Waals surface area contributed by atoms with Gasteiger partial charge in [-0.05, 0) is 25.1 Å². The van der Waals surface area contributed by atoms with E-state index in [-0.39, 0.29) is 17.0 Å². The van der Waals surface area contributed by atoms with Gasteiger partial charge in [0.05, 0.1) is 5.69 Å². The van der Waals surface area contributed by atoms with Crippen LogP contribution in [0.3, 0.4) is 0 Å². The second-order valence-corrected chi connectivity index (χ2v) is 3.60. The van der Waals surface area contributed by atoms with Crippen LogP contribution in [0.2, 0.25) is 0 Å². The standard InChI is InChI=1S/C12H12FN3O/c1-2-16-6-5-15-12(16)11(17)8-3-4-10(14)9(13)7-8/h3-7H,2,14H2,1H3. The van der Waals surface area contributed by atoms with Crippen molar-refractivity contribution < 1.29 is 9.18 Å². The van der Waals surface area contributed by atoms with E-state index >= 15 is 0 Å². The maximum Gasteiger partial charge on any atom is 0.228 e. The Morgan fingerprint density at radius 3 is 2.94 bits per heavy atom. The molecule has 5 heteroatoms. The Hall–Kier alpha value is -2.17. The van der Waals surface area contributed by atoms with Crippen molar-refractivity contribution in [3.8, 4) is 0 Å². The minimum absolute atomic E-state index is 0.0281. The molecule has 1 aromatic heterocycles. The molecule has 2 N–H and O–H groups in total. The Balaban J connectivity index is 2.40. The SMILES string of the molecule is CCn1ccnc1C(=O)c1ccc(N)c(F)c1. The van der Waals surface area contributed by atoms with Gasteiger partial charge < -0.3 is 10.3 Å². The summed E-state index contributed by atoms with van der Waals surface area (Å²) in [7, 11) is 0. The van der Waals surface area contributed by atoms with Crippen LogP contribution in [0.1, 0.15) is 23.1 Å². The lowest BCUT2D eigenvalue weighted by Gasteiger charge is -2.04. The van der Waals surface area contributed by atoms with Gasteiger partial charge >= 0.3 is 0 Å². The van der Waals surface area contributed by atoms with Crippen molar-refractivity contribution in [3.63, 3.8) is 0 Å². The normalized spacial score (nSPS) is 10.5. The Kier molecular flexibility index (Phi) is 2.91. The van der Waals surface area contributed by atoms with E-state index in [9.17, 15) is 9.18 Å². The lowest BCUT2D eigenvalue weighted by atomic mass is 10.1. The van der Waals surface area contributed by atoms with Crippen LogP contribution in [-0.4, -0.2) is 15.3 Å². The zero-order chi connectivity index (χ0) is 12.4. The Bertz CT molecular complexity index is 563. The summed E-state index contributed by atoms with van der Waals surface area (Å²) in [5.74, 6) is -0.599. The van der Waals surface area contributed by atoms with Gasteiger partial charge in [0.2, 0.25) is 5.78 Å². The summed E-state index contributed by atoms with van der Waals surface area (Å²) < 4.78 is 15.0. The second-order valence-electron chi connectivity index (χ2n) is 3.60. The first-order chi connectivity index (χ1) is 8.13. The molecule has 0 radical (unpaired) electrons. The molecule has 88 valence electrons. The zero-order valence-electron chi connectivity index (χ0n) is 9.35. The van der Waals surface area contributed by atoms with Crippen LogP contribution in [0.25, 0.3) is 0 Å². The molecule has 0 spiro atoms. The van der Waals surface area contributed by atoms with Gasteiger partial charge in [0.15, 0.2) is 5.82 Å². The smallest absolute Gasteiger partial charge is 0.228 e. The summed E-state index contributed by atoms with van der Waals surface area (Å²) in [4.78, 5) is 16.0. The summed E-state index contributed by atoms with van der Waals surface area (Å²) in [6, 6.07) is 4.00. The number of nitrogen functional groups attached to an aromatic ring is 1. The number of imidazole rings is 1. The van der Waals surface area contributed by atoms with Crippen molar-refractivity contribution in [2.45, 2.75) is 13.5 Å². The molecule has 0 atom stereocenters. The molecular weight excluding hydrogens is 221 g/mol. The summed E-state index contributed by atoms with van der Waals surface area (Å²) in [5.41, 5.74) is 5.63. The van der Waals surface area contributed by atoms with Gasteiger partial charge in [0.1, 0.15) is 5.82 Å². The second kappa shape index (κ2) is 4.37. The van der Waals surface area contributed by atoms with E-state index in [1.165, 1.54) is 12.1 Å². The number of hydrogen-bond donors (Lipinski definition) is 1. The number of ketones is 1. The first kappa shape index (κ1) is 11.3. The molecule has 0 aliphatic rings. The molecule has 0 aliphatic carbocycles. The number of carbonyl (C=O) groups is 1. The van der Waals surface area contributed by atoms with E-state index < -0.39 is 5.82 Å². The number of anilines is 1. The highest BCUT2D eigenvalue weighted by Crippen LogP contribution is 2.15. The van der Waals surface area contributed by atoms with E-state index in [1.807, 2.05) is 6.92 Å². The fourth-order valence-electron chi connectivity index (χ4n) is 1.57. The number of carbonyl (C=O) groups excluding carboxylic acids is 1. The molecule has 0 fully saturated rings. The lowest BCUT2D eigenvalue weighted by Crippen LogP contribution is -2.11. The number of nitrogens with two attached hydrogens (primary N) is 1. The molecule has 4 nitrogen and oxygen atoms in total. The molecule has 0 unspecified atom stereocenters. The van der Waals surface area contributed by atoms with E-state index in [4.69, 9.17) is 5.73 Å². The maximum absolute atomic E-state index is 13.3. The van der Waals surface area contributed by atoms with E-state index in [2.05, 4.69) is 4.98 Å². The monoisotopic (exact) mass is 233 g/mol. The Labute approximate surface area is 97.9 Å². The molecule has 1 aromatic carbocycles. The van der Waals surface area contributed by atoms with Gasteiger partial charge in [-0.1, -0.05) is 0 Å². The third-order valence-electron chi connectivity index (χ3n) is 2.52. The number of hydrogen-bond acceptors (Lipinski definition) is 3. The number of aromatic nitrogens is 2. The highest BCUT2D eigenvalue weighted by atomic mass is 19.1. The van der Waals surface area contributed by atoms with Crippen molar-refractivity contribution in [1.82, 2.24) is 9.55 Å². The van der Waals surface area contributed by atoms with Crippen molar-refractivity contribution >= 4 is 11.5 Å². The summed E-state index contributed by atoms with van der Waals surface area (Å²) >= 11 is 0. The number of nitrogens with zero attached hydrogens (tertiary/aromatic N) is 2. The molecule has 0 aliphatic heterocycles. The largest absolute Gasteiger partial charge is 0.396 e. The molecule has 0 saturated carbocycles. The molecule has 2 aromatic rings. The molecule has 0 amide bonds. The topological polar surface area (TPSA) is 60.9 Å². The van der Waals surface area contributed by atoms with Crippen LogP contribution in [0.4, 0.5) is 10.1 Å². The maximum atomic E-state index is 13.3. The average molecular weight is 233 g/mol. The fourth-order valence-corrected chi connectivity index (χ4v) is 1.57. The van der Waals surface area contributed by atoms with Crippen LogP contribution in [0.15, 0.2) is 30.6 Å². The summed E-state index contributed by atoms with van der Waals surface area (Å²) in [5, 5.41) is 0. The van der Waals surface area contributed by atoms with Gasteiger partial charge in [-0.3, -0.25) is 4.79 Å². The van der Waals surface area contributed by atoms with Crippen molar-refractivity contribution in [2.75, 3.05) is 5.73 Å². The van der Waals surface area contributed by atoms with Crippen LogP contribution < -0.4 is 5.73 Å². The van der Waals surface area contributed by atoms with Gasteiger partial charge in [0, 0.05) is 24.5 Å². The number of benzene rings is 1. The van der Waals surface area contributed by atoms with E-state index in [0.717, 1.165) is 6.07 Å². The van der Waals surface area contributed by atoms with Gasteiger partial charge in [0.25, 0.3) is 0 Å². The predicted octanol–water partition coefficient (Wildman–Crippen LogP) is 1.86. The van der Waals surface area contributed by atoms with Crippen LogP contribution in [0.5, 0.6) is 0 Å². The quantitative estimate of drug-likeness (QED) is 0.650. The third-order valence-corrected chi connectivity index (χ3v) is 2.52. The lowest BCUT2D eigenvalue weighted by molar-refractivity contribution is 0.102. The van der Waals surface area contributed by atoms with Gasteiger partial charge in [-0.15, -0.1) is 0 Å². The van der Waals surface area contributed by atoms with Crippen molar-refractivity contribution in [1.29, 1.82) is 0 Å². The fraction of sp³-hybridized carbons (Fsp3) is 0.167. The molecular formula is C12H12FN3O. The number of rotatable bonds is 3. The summed E-state index contributed by atoms with van der Waals surface area (Å²) in [6.45, 7) is 2.54. The van der Waals surface area contributed by atoms with Crippen LogP contribution in [-0.2, 0) is 6.54 Å². The minimum Gasteiger partial charge on any atom is -0.396 e. The Morgan fingerprint density at radius 2 is 2.29 bits per heavy atom. The van der Waals surface area contributed by atoms with E-state index in [0.29, 0.717) is 12.4 Å². The summed E-state index contributed by atoms with van der Waals surface area (Å²) in [6.07, 6.45) is 3.26. The molecule has 2 rings (SSSR count). The van der Waals surface area contributed by atoms with Crippen molar-refractivity contribution in [2.24, 2.45) is 0 Å². The van der Waals surface area contributed by atoms with E-state index in [1.54, 1.807) is 17.0 Å². The third kappa shape index (κ3) is 2.04. The predicted molar refractivity (Wildman–Crippen MR) is 62.1 cm³/mol. The number of aryl methyl sites for hydroxylation is 1. The van der Waals surface area contributed by atoms with Gasteiger partial charge in [-0.2, -0.15) is 0 Å². The molecule has 17 heavy (non-hydrogen) atoms. The minimum atomic E-state index is -0.592. The number of halogens is 1. The highest BCUT2D eigenvalue weighted by molar-refractivity contribution is 6.06. The molecule has 0 saturated heterocycles.